The average Bonchev–Trinajstić information content (AvgIpc) is 2.51. The molecule has 0 bridgehead atoms. The lowest BCUT2D eigenvalue weighted by atomic mass is 9.98. The number of likely N-dealkylation sites (tertiary alicyclic amines) is 1. The number of unbranched alkanes of at least 4 members (excludes halogenated alkanes) is 1. The number of piperidine rings is 1. The molecule has 6 heteroatoms. The number of hydrogen-bond donors (Lipinski definition) is 0. The zero-order chi connectivity index (χ0) is 18.7. The quantitative estimate of drug-likeness (QED) is 0.559. The predicted octanol–water partition coefficient (Wildman–Crippen LogP) is 4.20. The molecular weight excluding hydrogens is 322 g/mol. The van der Waals surface area contributed by atoms with Crippen LogP contribution >= 0.6 is 0 Å². The topological polar surface area (TPSA) is 57.2 Å². The number of ether oxygens (including phenoxy) is 2. The fourth-order valence-corrected chi connectivity index (χ4v) is 3.13. The molecule has 2 aliphatic rings. The Hall–Kier alpha value is -1.11. The smallest absolute Gasteiger partial charge is 0.410 e. The summed E-state index contributed by atoms with van der Waals surface area (Å²) >= 11 is 0. The van der Waals surface area contributed by atoms with Crippen LogP contribution in [-0.4, -0.2) is 47.7 Å². The number of amides is 1. The van der Waals surface area contributed by atoms with Gasteiger partial charge in [-0.3, -0.25) is 0 Å². The molecule has 0 unspecified atom stereocenters. The summed E-state index contributed by atoms with van der Waals surface area (Å²) in [5.74, 6) is -0.775. The first-order valence-electron chi connectivity index (χ1n) is 9.31. The normalized spacial score (nSPS) is 26.5. The molecule has 0 saturated carbocycles. The maximum absolute atomic E-state index is 12.2. The summed E-state index contributed by atoms with van der Waals surface area (Å²) < 4.78 is 11.8. The zero-order valence-electron chi connectivity index (χ0n) is 16.3. The van der Waals surface area contributed by atoms with Gasteiger partial charge in [0.2, 0.25) is 5.79 Å². The molecule has 2 rings (SSSR count). The van der Waals surface area contributed by atoms with Gasteiger partial charge in [-0.1, -0.05) is 26.3 Å². The first-order valence-corrected chi connectivity index (χ1v) is 9.31. The van der Waals surface area contributed by atoms with E-state index in [2.05, 4.69) is 13.5 Å². The van der Waals surface area contributed by atoms with Crippen molar-refractivity contribution in [3.63, 3.8) is 0 Å². The van der Waals surface area contributed by atoms with Crippen LogP contribution in [0, 0.1) is 0 Å². The van der Waals surface area contributed by atoms with Crippen molar-refractivity contribution in [2.45, 2.75) is 90.3 Å². The number of nitrogens with zero attached hydrogens (tertiary/aromatic N) is 1. The van der Waals surface area contributed by atoms with Crippen LogP contribution in [0.1, 0.15) is 66.7 Å². The number of carbonyl (C=O) groups is 1. The third kappa shape index (κ3) is 5.43. The molecule has 6 nitrogen and oxygen atoms in total. The lowest BCUT2D eigenvalue weighted by molar-refractivity contribution is -0.502. The Labute approximate surface area is 151 Å². The average molecular weight is 355 g/mol. The van der Waals surface area contributed by atoms with Crippen LogP contribution < -0.4 is 0 Å². The van der Waals surface area contributed by atoms with Gasteiger partial charge in [-0.25, -0.2) is 14.6 Å². The zero-order valence-corrected chi connectivity index (χ0v) is 16.3. The van der Waals surface area contributed by atoms with Crippen molar-refractivity contribution in [1.82, 2.24) is 4.90 Å². The van der Waals surface area contributed by atoms with E-state index in [4.69, 9.17) is 19.2 Å². The summed E-state index contributed by atoms with van der Waals surface area (Å²) in [5, 5.41) is 0. The van der Waals surface area contributed by atoms with Crippen molar-refractivity contribution in [2.75, 3.05) is 13.1 Å². The fraction of sp³-hybridized carbons (Fsp3) is 0.842. The Morgan fingerprint density at radius 2 is 1.96 bits per heavy atom. The predicted molar refractivity (Wildman–Crippen MR) is 94.9 cm³/mol. The standard InChI is InChI=1S/C19H33NO5/c1-7-8-9-15-16(14(2)3)24-25-19(22-15)10-12-20(13-11-19)17(21)23-18(4,5)6/h15-16H,2,7-13H2,1,3-6H3/t15-,16-/m1/s1. The van der Waals surface area contributed by atoms with E-state index in [1.807, 2.05) is 27.7 Å². The summed E-state index contributed by atoms with van der Waals surface area (Å²) in [6, 6.07) is 0. The molecule has 2 atom stereocenters. The highest BCUT2D eigenvalue weighted by molar-refractivity contribution is 5.68. The van der Waals surface area contributed by atoms with Gasteiger partial charge >= 0.3 is 6.09 Å². The highest BCUT2D eigenvalue weighted by Gasteiger charge is 2.47. The number of hydrogen-bond acceptors (Lipinski definition) is 5. The number of carbonyl (C=O) groups excluding carboxylic acids is 1. The second-order valence-corrected chi connectivity index (χ2v) is 8.12. The van der Waals surface area contributed by atoms with Gasteiger partial charge in [0.05, 0.1) is 6.10 Å². The largest absolute Gasteiger partial charge is 0.444 e. The summed E-state index contributed by atoms with van der Waals surface area (Å²) in [6.45, 7) is 14.7. The molecule has 0 aromatic rings. The van der Waals surface area contributed by atoms with Crippen molar-refractivity contribution in [3.05, 3.63) is 12.2 Å². The van der Waals surface area contributed by atoms with E-state index in [0.717, 1.165) is 24.8 Å². The van der Waals surface area contributed by atoms with Crippen LogP contribution in [0.15, 0.2) is 12.2 Å². The fourth-order valence-electron chi connectivity index (χ4n) is 3.13. The molecule has 144 valence electrons. The molecule has 0 aliphatic carbocycles. The van der Waals surface area contributed by atoms with Crippen molar-refractivity contribution in [1.29, 1.82) is 0 Å². The Morgan fingerprint density at radius 1 is 1.32 bits per heavy atom. The van der Waals surface area contributed by atoms with E-state index >= 15 is 0 Å². The maximum atomic E-state index is 12.2. The molecule has 2 saturated heterocycles. The second-order valence-electron chi connectivity index (χ2n) is 8.12. The van der Waals surface area contributed by atoms with E-state index in [0.29, 0.717) is 25.9 Å². The third-order valence-corrected chi connectivity index (χ3v) is 4.51. The third-order valence-electron chi connectivity index (χ3n) is 4.51. The molecule has 2 fully saturated rings. The van der Waals surface area contributed by atoms with Crippen molar-refractivity contribution >= 4 is 6.09 Å². The van der Waals surface area contributed by atoms with E-state index in [1.165, 1.54) is 0 Å². The van der Waals surface area contributed by atoms with E-state index in [-0.39, 0.29) is 18.3 Å². The van der Waals surface area contributed by atoms with Crippen LogP contribution in [-0.2, 0) is 19.2 Å². The summed E-state index contributed by atoms with van der Waals surface area (Å²) in [5.41, 5.74) is 0.412. The first-order chi connectivity index (χ1) is 11.7. The van der Waals surface area contributed by atoms with Gasteiger partial charge in [0, 0.05) is 25.9 Å². The van der Waals surface area contributed by atoms with Gasteiger partial charge in [-0.05, 0) is 39.7 Å². The van der Waals surface area contributed by atoms with Crippen molar-refractivity contribution in [2.24, 2.45) is 0 Å². The molecule has 1 spiro atoms. The van der Waals surface area contributed by atoms with E-state index < -0.39 is 11.4 Å². The van der Waals surface area contributed by atoms with Crippen molar-refractivity contribution < 1.29 is 24.0 Å². The Morgan fingerprint density at radius 3 is 2.48 bits per heavy atom. The first kappa shape index (κ1) is 20.2. The van der Waals surface area contributed by atoms with E-state index in [1.54, 1.807) is 4.90 Å². The van der Waals surface area contributed by atoms with Gasteiger partial charge in [0.1, 0.15) is 11.7 Å². The van der Waals surface area contributed by atoms with Crippen LogP contribution in [0.2, 0.25) is 0 Å². The molecule has 0 aromatic heterocycles. The number of rotatable bonds is 4. The van der Waals surface area contributed by atoms with Crippen LogP contribution in [0.5, 0.6) is 0 Å². The molecular formula is C19H33NO5. The molecule has 2 aliphatic heterocycles. The molecule has 0 radical (unpaired) electrons. The van der Waals surface area contributed by atoms with Gasteiger partial charge in [0.15, 0.2) is 0 Å². The molecule has 0 N–H and O–H groups in total. The Balaban J connectivity index is 1.95. The molecule has 2 heterocycles. The summed E-state index contributed by atoms with van der Waals surface area (Å²) in [7, 11) is 0. The SMILES string of the molecule is C=C(C)[C@H]1OOC2(CCN(C(=O)OC(C)(C)C)CC2)O[C@@H]1CCCC. The monoisotopic (exact) mass is 355 g/mol. The van der Waals surface area contributed by atoms with Crippen LogP contribution in [0.3, 0.4) is 0 Å². The summed E-state index contributed by atoms with van der Waals surface area (Å²) in [4.78, 5) is 25.2. The highest BCUT2D eigenvalue weighted by atomic mass is 17.2. The summed E-state index contributed by atoms with van der Waals surface area (Å²) in [6.07, 6.45) is 3.63. The lowest BCUT2D eigenvalue weighted by Gasteiger charge is -2.47. The second kappa shape index (κ2) is 8.06. The van der Waals surface area contributed by atoms with Crippen LogP contribution in [0.4, 0.5) is 4.79 Å². The molecule has 0 aromatic carbocycles. The minimum absolute atomic E-state index is 0.0562. The molecule has 1 amide bonds. The highest BCUT2D eigenvalue weighted by Crippen LogP contribution is 2.37. The van der Waals surface area contributed by atoms with Gasteiger partial charge in [0.25, 0.3) is 0 Å². The van der Waals surface area contributed by atoms with Crippen LogP contribution in [0.25, 0.3) is 0 Å². The Bertz CT molecular complexity index is 477. The van der Waals surface area contributed by atoms with E-state index in [9.17, 15) is 4.79 Å². The lowest BCUT2D eigenvalue weighted by Crippen LogP contribution is -2.56. The Kier molecular flexibility index (Phi) is 6.51. The minimum atomic E-state index is -0.775. The van der Waals surface area contributed by atoms with Gasteiger partial charge in [-0.2, -0.15) is 0 Å². The van der Waals surface area contributed by atoms with Gasteiger partial charge < -0.3 is 14.4 Å². The molecule has 25 heavy (non-hydrogen) atoms. The maximum Gasteiger partial charge on any atom is 0.410 e. The van der Waals surface area contributed by atoms with Crippen molar-refractivity contribution in [3.8, 4) is 0 Å². The minimum Gasteiger partial charge on any atom is -0.444 e. The van der Waals surface area contributed by atoms with Gasteiger partial charge in [-0.15, -0.1) is 0 Å².